The van der Waals surface area contributed by atoms with E-state index in [1.807, 2.05) is 0 Å². The Hall–Kier alpha value is -3.33. The maximum Gasteiger partial charge on any atom is 0.308 e. The lowest BCUT2D eigenvalue weighted by molar-refractivity contribution is -0.132. The molecule has 156 valence electrons. The zero-order valence-electron chi connectivity index (χ0n) is 16.4. The van der Waals surface area contributed by atoms with Crippen molar-refractivity contribution in [2.45, 2.75) is 13.5 Å². The highest BCUT2D eigenvalue weighted by Crippen LogP contribution is 2.41. The van der Waals surface area contributed by atoms with Crippen LogP contribution in [0.25, 0.3) is 6.08 Å². The number of carbonyl (C=O) groups excluding carboxylic acids is 3. The topological polar surface area (TPSA) is 82.1 Å². The molecule has 0 atom stereocenters. The number of thioether (sulfide) groups is 1. The average Bonchev–Trinajstić information content (AvgIpc) is 2.97. The Morgan fingerprint density at radius 2 is 1.77 bits per heavy atom. The van der Waals surface area contributed by atoms with Crippen molar-refractivity contribution in [1.29, 1.82) is 0 Å². The smallest absolute Gasteiger partial charge is 0.308 e. The van der Waals surface area contributed by atoms with Crippen molar-refractivity contribution < 1.29 is 33.0 Å². The van der Waals surface area contributed by atoms with E-state index in [1.165, 1.54) is 45.4 Å². The van der Waals surface area contributed by atoms with Crippen LogP contribution in [0.4, 0.5) is 9.18 Å². The van der Waals surface area contributed by atoms with Crippen molar-refractivity contribution in [3.05, 3.63) is 58.2 Å². The van der Waals surface area contributed by atoms with Crippen LogP contribution in [0.5, 0.6) is 17.2 Å². The highest BCUT2D eigenvalue weighted by Gasteiger charge is 2.35. The maximum atomic E-state index is 13.9. The van der Waals surface area contributed by atoms with Crippen LogP contribution in [-0.4, -0.2) is 36.2 Å². The van der Waals surface area contributed by atoms with Gasteiger partial charge in [0.2, 0.25) is 5.75 Å². The number of imide groups is 1. The first-order valence-corrected chi connectivity index (χ1v) is 9.59. The fourth-order valence-corrected chi connectivity index (χ4v) is 3.65. The van der Waals surface area contributed by atoms with Gasteiger partial charge in [-0.25, -0.2) is 4.39 Å². The summed E-state index contributed by atoms with van der Waals surface area (Å²) < 4.78 is 29.6. The first kappa shape index (κ1) is 21.4. The summed E-state index contributed by atoms with van der Waals surface area (Å²) in [6, 6.07) is 9.06. The molecule has 1 aliphatic rings. The van der Waals surface area contributed by atoms with E-state index < -0.39 is 22.9 Å². The van der Waals surface area contributed by atoms with Gasteiger partial charge >= 0.3 is 5.97 Å². The number of hydrogen-bond acceptors (Lipinski definition) is 7. The van der Waals surface area contributed by atoms with E-state index in [-0.39, 0.29) is 34.3 Å². The highest BCUT2D eigenvalue weighted by atomic mass is 32.2. The van der Waals surface area contributed by atoms with Crippen molar-refractivity contribution in [1.82, 2.24) is 4.90 Å². The molecule has 3 rings (SSSR count). The molecule has 0 aliphatic carbocycles. The van der Waals surface area contributed by atoms with Crippen molar-refractivity contribution in [2.75, 3.05) is 14.2 Å². The summed E-state index contributed by atoms with van der Waals surface area (Å²) in [4.78, 5) is 37.5. The first-order valence-electron chi connectivity index (χ1n) is 8.77. The quantitative estimate of drug-likeness (QED) is 0.388. The molecular formula is C21H18FNO6S. The van der Waals surface area contributed by atoms with E-state index >= 15 is 0 Å². The Morgan fingerprint density at radius 1 is 1.13 bits per heavy atom. The van der Waals surface area contributed by atoms with E-state index in [0.717, 1.165) is 16.7 Å². The van der Waals surface area contributed by atoms with Gasteiger partial charge in [0.1, 0.15) is 5.82 Å². The molecule has 0 radical (unpaired) electrons. The van der Waals surface area contributed by atoms with E-state index in [2.05, 4.69) is 0 Å². The lowest BCUT2D eigenvalue weighted by Gasteiger charge is -2.14. The molecule has 2 aromatic rings. The van der Waals surface area contributed by atoms with Crippen LogP contribution in [0, 0.1) is 5.82 Å². The molecule has 0 aromatic heterocycles. The van der Waals surface area contributed by atoms with Crippen LogP contribution in [0.3, 0.4) is 0 Å². The maximum absolute atomic E-state index is 13.9. The second kappa shape index (κ2) is 9.00. The second-order valence-corrected chi connectivity index (χ2v) is 7.20. The summed E-state index contributed by atoms with van der Waals surface area (Å²) in [5, 5.41) is -0.495. The molecule has 0 N–H and O–H groups in total. The lowest BCUT2D eigenvalue weighted by Crippen LogP contribution is -2.27. The molecule has 0 bridgehead atoms. The fraction of sp³-hybridized carbons (Fsp3) is 0.190. The standard InChI is InChI=1S/C21H18FNO6S/c1-12(24)29-19-16(27-2)8-13(9-17(19)28-3)10-18-20(25)23(21(26)30-18)11-14-6-4-5-7-15(14)22/h4-10H,11H2,1-3H3/b18-10-. The molecule has 1 heterocycles. The Kier molecular flexibility index (Phi) is 6.41. The van der Waals surface area contributed by atoms with Gasteiger partial charge in [0.15, 0.2) is 11.5 Å². The van der Waals surface area contributed by atoms with Gasteiger partial charge in [0, 0.05) is 12.5 Å². The number of hydrogen-bond donors (Lipinski definition) is 0. The fourth-order valence-electron chi connectivity index (χ4n) is 2.81. The van der Waals surface area contributed by atoms with Gasteiger partial charge in [-0.1, -0.05) is 18.2 Å². The molecule has 2 aromatic carbocycles. The molecule has 1 aliphatic heterocycles. The number of amides is 2. The summed E-state index contributed by atoms with van der Waals surface area (Å²) >= 11 is 0.753. The van der Waals surface area contributed by atoms with Gasteiger partial charge < -0.3 is 14.2 Å². The molecule has 30 heavy (non-hydrogen) atoms. The normalized spacial score (nSPS) is 14.9. The molecule has 9 heteroatoms. The third kappa shape index (κ3) is 4.46. The molecule has 2 amide bonds. The van der Waals surface area contributed by atoms with Gasteiger partial charge in [0.25, 0.3) is 11.1 Å². The molecule has 1 fully saturated rings. The zero-order valence-corrected chi connectivity index (χ0v) is 17.2. The van der Waals surface area contributed by atoms with Gasteiger partial charge in [-0.3, -0.25) is 19.3 Å². The largest absolute Gasteiger partial charge is 0.493 e. The molecule has 0 spiro atoms. The summed E-state index contributed by atoms with van der Waals surface area (Å²) in [5.41, 5.74) is 0.742. The highest BCUT2D eigenvalue weighted by molar-refractivity contribution is 8.18. The van der Waals surface area contributed by atoms with Crippen LogP contribution in [0.15, 0.2) is 41.3 Å². The number of carbonyl (C=O) groups is 3. The molecule has 0 saturated carbocycles. The van der Waals surface area contributed by atoms with Crippen LogP contribution < -0.4 is 14.2 Å². The first-order chi connectivity index (χ1) is 14.3. The van der Waals surface area contributed by atoms with Crippen LogP contribution >= 0.6 is 11.8 Å². The SMILES string of the molecule is COc1cc(/C=C2\SC(=O)N(Cc3ccccc3F)C2=O)cc(OC)c1OC(C)=O. The van der Waals surface area contributed by atoms with Crippen molar-refractivity contribution in [2.24, 2.45) is 0 Å². The van der Waals surface area contributed by atoms with Gasteiger partial charge in [-0.15, -0.1) is 0 Å². The van der Waals surface area contributed by atoms with Crippen molar-refractivity contribution >= 4 is 35.0 Å². The Labute approximate surface area is 176 Å². The Morgan fingerprint density at radius 3 is 2.33 bits per heavy atom. The van der Waals surface area contributed by atoms with Crippen molar-refractivity contribution in [3.63, 3.8) is 0 Å². The van der Waals surface area contributed by atoms with Gasteiger partial charge in [-0.2, -0.15) is 0 Å². The number of ether oxygens (including phenoxy) is 3. The number of benzene rings is 2. The zero-order chi connectivity index (χ0) is 21.8. The van der Waals surface area contributed by atoms with Gasteiger partial charge in [0.05, 0.1) is 25.7 Å². The molecule has 0 unspecified atom stereocenters. The minimum atomic E-state index is -0.548. The average molecular weight is 431 g/mol. The van der Waals surface area contributed by atoms with Crippen LogP contribution in [0.2, 0.25) is 0 Å². The number of nitrogens with zero attached hydrogens (tertiary/aromatic N) is 1. The van der Waals surface area contributed by atoms with E-state index in [4.69, 9.17) is 14.2 Å². The number of esters is 1. The van der Waals surface area contributed by atoms with E-state index in [1.54, 1.807) is 18.2 Å². The van der Waals surface area contributed by atoms with E-state index in [0.29, 0.717) is 5.56 Å². The number of halogens is 1. The Bertz CT molecular complexity index is 1030. The monoisotopic (exact) mass is 431 g/mol. The number of methoxy groups -OCH3 is 2. The van der Waals surface area contributed by atoms with Crippen molar-refractivity contribution in [3.8, 4) is 17.2 Å². The summed E-state index contributed by atoms with van der Waals surface area (Å²) in [7, 11) is 2.79. The predicted molar refractivity (Wildman–Crippen MR) is 109 cm³/mol. The van der Waals surface area contributed by atoms with Crippen LogP contribution in [0.1, 0.15) is 18.1 Å². The van der Waals surface area contributed by atoms with E-state index in [9.17, 15) is 18.8 Å². The molecular weight excluding hydrogens is 413 g/mol. The lowest BCUT2D eigenvalue weighted by atomic mass is 10.1. The predicted octanol–water partition coefficient (Wildman–Crippen LogP) is 4.00. The third-order valence-corrected chi connectivity index (χ3v) is 5.09. The summed E-state index contributed by atoms with van der Waals surface area (Å²) in [6.45, 7) is 1.09. The minimum absolute atomic E-state index is 0.109. The number of rotatable bonds is 6. The second-order valence-electron chi connectivity index (χ2n) is 6.21. The van der Waals surface area contributed by atoms with Gasteiger partial charge in [-0.05, 0) is 41.6 Å². The summed E-state index contributed by atoms with van der Waals surface area (Å²) in [5.74, 6) is -1.01. The van der Waals surface area contributed by atoms with Crippen LogP contribution in [-0.2, 0) is 16.1 Å². The third-order valence-electron chi connectivity index (χ3n) is 4.19. The molecule has 7 nitrogen and oxygen atoms in total. The Balaban J connectivity index is 1.91. The minimum Gasteiger partial charge on any atom is -0.493 e. The molecule has 1 saturated heterocycles. The summed E-state index contributed by atoms with van der Waals surface area (Å²) in [6.07, 6.45) is 1.49.